The maximum absolute atomic E-state index is 13.1. The number of para-hydroxylation sites is 2. The molecule has 0 bridgehead atoms. The average molecular weight is 410 g/mol. The molecule has 4 rings (SSSR count). The number of H-pyrrole nitrogens is 1. The summed E-state index contributed by atoms with van der Waals surface area (Å²) < 4.78 is 6.62. The van der Waals surface area contributed by atoms with Crippen LogP contribution in [0, 0.1) is 0 Å². The number of aromatic nitrogens is 6. The molecule has 0 atom stereocenters. The Morgan fingerprint density at radius 1 is 0.933 bits per heavy atom. The zero-order valence-electron chi connectivity index (χ0n) is 17.5. The third-order valence-corrected chi connectivity index (χ3v) is 5.51. The smallest absolute Gasteiger partial charge is 0.324 e. The van der Waals surface area contributed by atoms with E-state index in [0.717, 1.165) is 30.3 Å². The van der Waals surface area contributed by atoms with Crippen molar-refractivity contribution >= 4 is 22.2 Å². The monoisotopic (exact) mass is 410 g/mol. The predicted octanol–water partition coefficient (Wildman–Crippen LogP) is 1.80. The number of nitrogens with zero attached hydrogens (tertiary/aromatic N) is 5. The number of hydrogen-bond donors (Lipinski definition) is 1. The number of rotatable bonds is 7. The number of hydrogen-bond acceptors (Lipinski definition) is 4. The standard InChI is InChI=1S/C21H26N6O3/c1-4-6-12-26-18-17(19(28)23-20(26)29)24(3)16(22-18)13-27-15-10-8-7-9-14(15)25(11-5-2)21(27)30/h7-10H,4-6,11-13H2,1-3H3,(H,23,28,29). The van der Waals surface area contributed by atoms with Gasteiger partial charge in [-0.25, -0.2) is 14.6 Å². The molecule has 0 saturated heterocycles. The van der Waals surface area contributed by atoms with Gasteiger partial charge in [0.2, 0.25) is 0 Å². The topological polar surface area (TPSA) is 99.6 Å². The molecular weight excluding hydrogens is 384 g/mol. The van der Waals surface area contributed by atoms with Crippen molar-refractivity contribution in [2.24, 2.45) is 7.05 Å². The molecule has 0 radical (unpaired) electrons. The molecule has 3 aromatic heterocycles. The van der Waals surface area contributed by atoms with E-state index >= 15 is 0 Å². The first-order chi connectivity index (χ1) is 14.5. The van der Waals surface area contributed by atoms with Crippen LogP contribution >= 0.6 is 0 Å². The Kier molecular flexibility index (Phi) is 5.19. The van der Waals surface area contributed by atoms with Crippen molar-refractivity contribution in [1.82, 2.24) is 28.2 Å². The molecule has 1 aromatic carbocycles. The van der Waals surface area contributed by atoms with Gasteiger partial charge in [0.1, 0.15) is 5.82 Å². The zero-order chi connectivity index (χ0) is 21.4. The van der Waals surface area contributed by atoms with Crippen molar-refractivity contribution in [3.05, 3.63) is 61.4 Å². The van der Waals surface area contributed by atoms with Gasteiger partial charge in [0.25, 0.3) is 5.56 Å². The van der Waals surface area contributed by atoms with Crippen LogP contribution in [0.2, 0.25) is 0 Å². The normalized spacial score (nSPS) is 11.7. The van der Waals surface area contributed by atoms with E-state index in [0.29, 0.717) is 30.1 Å². The first kappa shape index (κ1) is 19.9. The Hall–Kier alpha value is -3.36. The van der Waals surface area contributed by atoms with E-state index in [9.17, 15) is 14.4 Å². The summed E-state index contributed by atoms with van der Waals surface area (Å²) in [5.41, 5.74) is 1.36. The van der Waals surface area contributed by atoms with Gasteiger partial charge in [-0.1, -0.05) is 32.4 Å². The summed E-state index contributed by atoms with van der Waals surface area (Å²) in [6, 6.07) is 7.66. The minimum absolute atomic E-state index is 0.109. The van der Waals surface area contributed by atoms with Gasteiger partial charge in [-0.15, -0.1) is 0 Å². The van der Waals surface area contributed by atoms with E-state index in [1.165, 1.54) is 4.57 Å². The minimum Gasteiger partial charge on any atom is -0.324 e. The van der Waals surface area contributed by atoms with Gasteiger partial charge in [-0.3, -0.25) is 23.5 Å². The van der Waals surface area contributed by atoms with Crippen molar-refractivity contribution < 1.29 is 0 Å². The molecule has 0 fully saturated rings. The Labute approximate surface area is 172 Å². The molecular formula is C21H26N6O3. The second kappa shape index (κ2) is 7.81. The number of unbranched alkanes of at least 4 members (excludes halogenated alkanes) is 1. The van der Waals surface area contributed by atoms with Gasteiger partial charge < -0.3 is 4.57 Å². The van der Waals surface area contributed by atoms with E-state index in [1.54, 1.807) is 20.7 Å². The van der Waals surface area contributed by atoms with Crippen molar-refractivity contribution in [2.75, 3.05) is 0 Å². The summed E-state index contributed by atoms with van der Waals surface area (Å²) >= 11 is 0. The highest BCUT2D eigenvalue weighted by Gasteiger charge is 2.19. The summed E-state index contributed by atoms with van der Waals surface area (Å²) in [5.74, 6) is 0.549. The van der Waals surface area contributed by atoms with Gasteiger partial charge in [0.15, 0.2) is 11.2 Å². The van der Waals surface area contributed by atoms with Crippen LogP contribution in [-0.2, 0) is 26.7 Å². The SMILES string of the molecule is CCCCn1c(=O)[nH]c(=O)c2c1nc(Cn1c(=O)n(CCC)c3ccccc31)n2C. The van der Waals surface area contributed by atoms with Crippen LogP contribution in [0.15, 0.2) is 38.6 Å². The van der Waals surface area contributed by atoms with Gasteiger partial charge in [0.05, 0.1) is 17.6 Å². The van der Waals surface area contributed by atoms with E-state index in [4.69, 9.17) is 0 Å². The van der Waals surface area contributed by atoms with Crippen LogP contribution in [0.5, 0.6) is 0 Å². The fraction of sp³-hybridized carbons (Fsp3) is 0.429. The van der Waals surface area contributed by atoms with Crippen LogP contribution in [0.1, 0.15) is 38.9 Å². The highest BCUT2D eigenvalue weighted by Crippen LogP contribution is 2.16. The summed E-state index contributed by atoms with van der Waals surface area (Å²) in [6.45, 7) is 5.39. The molecule has 158 valence electrons. The quantitative estimate of drug-likeness (QED) is 0.502. The fourth-order valence-electron chi connectivity index (χ4n) is 3.96. The number of imidazole rings is 2. The van der Waals surface area contributed by atoms with Crippen LogP contribution < -0.4 is 16.9 Å². The molecule has 9 heteroatoms. The Bertz CT molecular complexity index is 1400. The number of aryl methyl sites for hydroxylation is 3. The number of nitrogens with one attached hydrogen (secondary N) is 1. The molecule has 4 aromatic rings. The fourth-order valence-corrected chi connectivity index (χ4v) is 3.96. The second-order valence-electron chi connectivity index (χ2n) is 7.53. The van der Waals surface area contributed by atoms with Crippen LogP contribution in [0.4, 0.5) is 0 Å². The molecule has 3 heterocycles. The highest BCUT2D eigenvalue weighted by molar-refractivity contribution is 5.76. The number of aromatic amines is 1. The average Bonchev–Trinajstić information content (AvgIpc) is 3.18. The molecule has 0 aliphatic carbocycles. The maximum atomic E-state index is 13.1. The predicted molar refractivity (Wildman–Crippen MR) is 116 cm³/mol. The van der Waals surface area contributed by atoms with Gasteiger partial charge in [-0.2, -0.15) is 0 Å². The Morgan fingerprint density at radius 3 is 2.30 bits per heavy atom. The third-order valence-electron chi connectivity index (χ3n) is 5.51. The summed E-state index contributed by atoms with van der Waals surface area (Å²) in [4.78, 5) is 44.9. The third kappa shape index (κ3) is 3.10. The molecule has 30 heavy (non-hydrogen) atoms. The molecule has 0 aliphatic rings. The van der Waals surface area contributed by atoms with E-state index in [2.05, 4.69) is 9.97 Å². The van der Waals surface area contributed by atoms with Crippen molar-refractivity contribution in [3.8, 4) is 0 Å². The van der Waals surface area contributed by atoms with Crippen LogP contribution in [0.3, 0.4) is 0 Å². The van der Waals surface area contributed by atoms with Crippen molar-refractivity contribution in [1.29, 1.82) is 0 Å². The first-order valence-corrected chi connectivity index (χ1v) is 10.3. The second-order valence-corrected chi connectivity index (χ2v) is 7.53. The lowest BCUT2D eigenvalue weighted by Crippen LogP contribution is -2.31. The van der Waals surface area contributed by atoms with E-state index < -0.39 is 11.2 Å². The minimum atomic E-state index is -0.468. The van der Waals surface area contributed by atoms with Gasteiger partial charge >= 0.3 is 11.4 Å². The first-order valence-electron chi connectivity index (χ1n) is 10.3. The molecule has 0 aliphatic heterocycles. The summed E-state index contributed by atoms with van der Waals surface area (Å²) in [7, 11) is 1.74. The zero-order valence-corrected chi connectivity index (χ0v) is 17.5. The molecule has 1 N–H and O–H groups in total. The Morgan fingerprint density at radius 2 is 1.63 bits per heavy atom. The van der Waals surface area contributed by atoms with Crippen LogP contribution in [0.25, 0.3) is 22.2 Å². The Balaban J connectivity index is 1.90. The van der Waals surface area contributed by atoms with E-state index in [1.807, 2.05) is 38.1 Å². The molecule has 0 spiro atoms. The van der Waals surface area contributed by atoms with Crippen molar-refractivity contribution in [3.63, 3.8) is 0 Å². The number of benzene rings is 1. The lowest BCUT2D eigenvalue weighted by molar-refractivity contribution is 0.611. The van der Waals surface area contributed by atoms with E-state index in [-0.39, 0.29) is 12.2 Å². The lowest BCUT2D eigenvalue weighted by Gasteiger charge is -2.05. The molecule has 0 amide bonds. The largest absolute Gasteiger partial charge is 0.330 e. The summed E-state index contributed by atoms with van der Waals surface area (Å²) in [6.07, 6.45) is 2.56. The van der Waals surface area contributed by atoms with Gasteiger partial charge in [0, 0.05) is 20.1 Å². The summed E-state index contributed by atoms with van der Waals surface area (Å²) in [5, 5.41) is 0. The number of fused-ring (bicyclic) bond motifs is 2. The molecule has 0 unspecified atom stereocenters. The van der Waals surface area contributed by atoms with Gasteiger partial charge in [-0.05, 0) is 25.0 Å². The molecule has 9 nitrogen and oxygen atoms in total. The van der Waals surface area contributed by atoms with Crippen LogP contribution in [-0.4, -0.2) is 28.2 Å². The highest BCUT2D eigenvalue weighted by atomic mass is 16.2. The van der Waals surface area contributed by atoms with Crippen molar-refractivity contribution in [2.45, 2.75) is 52.7 Å². The maximum Gasteiger partial charge on any atom is 0.330 e. The lowest BCUT2D eigenvalue weighted by atomic mass is 10.3. The molecule has 0 saturated carbocycles.